The molecule has 0 aromatic heterocycles. The van der Waals surface area contributed by atoms with E-state index in [1.807, 2.05) is 0 Å². The van der Waals surface area contributed by atoms with Crippen LogP contribution >= 0.6 is 11.6 Å². The van der Waals surface area contributed by atoms with Gasteiger partial charge >= 0.3 is 0 Å². The summed E-state index contributed by atoms with van der Waals surface area (Å²) < 4.78 is 5.66. The van der Waals surface area contributed by atoms with Crippen LogP contribution in [-0.2, 0) is 9.59 Å². The number of ether oxygens (including phenoxy) is 1. The van der Waals surface area contributed by atoms with Crippen molar-refractivity contribution < 1.29 is 14.3 Å². The third-order valence-electron chi connectivity index (χ3n) is 3.64. The Hall–Kier alpha value is -1.55. The Bertz CT molecular complexity index is 532. The molecule has 1 amide bonds. The Kier molecular flexibility index (Phi) is 5.23. The summed E-state index contributed by atoms with van der Waals surface area (Å²) in [4.78, 5) is 25.5. The lowest BCUT2D eigenvalue weighted by Crippen LogP contribution is -2.43. The largest absolute Gasteiger partial charge is 0.481 e. The molecule has 4 nitrogen and oxygen atoms in total. The van der Waals surface area contributed by atoms with Crippen molar-refractivity contribution in [1.82, 2.24) is 4.90 Å². The molecule has 2 rings (SSSR count). The van der Waals surface area contributed by atoms with Crippen molar-refractivity contribution in [3.63, 3.8) is 0 Å². The van der Waals surface area contributed by atoms with Gasteiger partial charge in [-0.1, -0.05) is 17.7 Å². The van der Waals surface area contributed by atoms with E-state index in [2.05, 4.69) is 0 Å². The molecule has 1 aromatic rings. The SMILES string of the molecule is CC(=O)CC1CCCN1C(=O)C(C)Oc1cccc(Cl)c1. The quantitative estimate of drug-likeness (QED) is 0.839. The van der Waals surface area contributed by atoms with Crippen LogP contribution in [0.2, 0.25) is 5.02 Å². The third-order valence-corrected chi connectivity index (χ3v) is 3.88. The van der Waals surface area contributed by atoms with Gasteiger partial charge in [0.2, 0.25) is 0 Å². The number of Topliss-reactive ketones (excluding diaryl/α,β-unsaturated/α-hetero) is 1. The highest BCUT2D eigenvalue weighted by Crippen LogP contribution is 2.23. The van der Waals surface area contributed by atoms with E-state index in [9.17, 15) is 9.59 Å². The van der Waals surface area contributed by atoms with Crippen molar-refractivity contribution in [3.05, 3.63) is 29.3 Å². The molecule has 114 valence electrons. The van der Waals surface area contributed by atoms with E-state index in [-0.39, 0.29) is 17.7 Å². The van der Waals surface area contributed by atoms with Crippen LogP contribution in [-0.4, -0.2) is 35.3 Å². The highest BCUT2D eigenvalue weighted by Gasteiger charge is 2.32. The molecule has 1 heterocycles. The third kappa shape index (κ3) is 4.21. The Morgan fingerprint density at radius 2 is 2.24 bits per heavy atom. The van der Waals surface area contributed by atoms with Crippen LogP contribution in [0.1, 0.15) is 33.1 Å². The first-order valence-electron chi connectivity index (χ1n) is 7.19. The first-order chi connectivity index (χ1) is 9.97. The zero-order chi connectivity index (χ0) is 15.4. The van der Waals surface area contributed by atoms with Crippen LogP contribution in [0.5, 0.6) is 5.75 Å². The fourth-order valence-corrected chi connectivity index (χ4v) is 2.88. The van der Waals surface area contributed by atoms with Crippen LogP contribution in [0.15, 0.2) is 24.3 Å². The van der Waals surface area contributed by atoms with Gasteiger partial charge in [0.25, 0.3) is 5.91 Å². The number of likely N-dealkylation sites (tertiary alicyclic amines) is 1. The van der Waals surface area contributed by atoms with Crippen molar-refractivity contribution in [3.8, 4) is 5.75 Å². The predicted octanol–water partition coefficient (Wildman–Crippen LogP) is 3.08. The second-order valence-corrected chi connectivity index (χ2v) is 5.89. The number of rotatable bonds is 5. The van der Waals surface area contributed by atoms with Gasteiger partial charge in [-0.25, -0.2) is 0 Å². The first kappa shape index (κ1) is 15.8. The Labute approximate surface area is 130 Å². The highest BCUT2D eigenvalue weighted by molar-refractivity contribution is 6.30. The van der Waals surface area contributed by atoms with E-state index in [1.54, 1.807) is 43.0 Å². The maximum atomic E-state index is 12.5. The number of hydrogen-bond acceptors (Lipinski definition) is 3. The number of carbonyl (C=O) groups excluding carboxylic acids is 2. The predicted molar refractivity (Wildman–Crippen MR) is 81.6 cm³/mol. The molecule has 1 aliphatic heterocycles. The van der Waals surface area contributed by atoms with Crippen molar-refractivity contribution in [2.24, 2.45) is 0 Å². The molecule has 5 heteroatoms. The van der Waals surface area contributed by atoms with Gasteiger partial charge in [0.15, 0.2) is 6.10 Å². The summed E-state index contributed by atoms with van der Waals surface area (Å²) in [7, 11) is 0. The fourth-order valence-electron chi connectivity index (χ4n) is 2.70. The molecule has 0 N–H and O–H groups in total. The molecule has 2 unspecified atom stereocenters. The van der Waals surface area contributed by atoms with E-state index in [0.29, 0.717) is 23.7 Å². The smallest absolute Gasteiger partial charge is 0.263 e. The van der Waals surface area contributed by atoms with Crippen molar-refractivity contribution in [2.75, 3.05) is 6.54 Å². The van der Waals surface area contributed by atoms with Gasteiger partial charge in [0, 0.05) is 24.0 Å². The van der Waals surface area contributed by atoms with Crippen LogP contribution in [0, 0.1) is 0 Å². The lowest BCUT2D eigenvalue weighted by atomic mass is 10.1. The van der Waals surface area contributed by atoms with Gasteiger partial charge in [-0.3, -0.25) is 9.59 Å². The Morgan fingerprint density at radius 1 is 1.48 bits per heavy atom. The van der Waals surface area contributed by atoms with E-state index in [4.69, 9.17) is 16.3 Å². The van der Waals surface area contributed by atoms with Crippen LogP contribution < -0.4 is 4.74 Å². The molecule has 0 saturated carbocycles. The second kappa shape index (κ2) is 6.94. The summed E-state index contributed by atoms with van der Waals surface area (Å²) in [5.41, 5.74) is 0. The van der Waals surface area contributed by atoms with Gasteiger partial charge in [-0.15, -0.1) is 0 Å². The van der Waals surface area contributed by atoms with Crippen LogP contribution in [0.4, 0.5) is 0 Å². The van der Waals surface area contributed by atoms with E-state index in [1.165, 1.54) is 0 Å². The number of halogens is 1. The van der Waals surface area contributed by atoms with Crippen LogP contribution in [0.3, 0.4) is 0 Å². The molecule has 21 heavy (non-hydrogen) atoms. The topological polar surface area (TPSA) is 46.6 Å². The van der Waals surface area contributed by atoms with Gasteiger partial charge in [-0.05, 0) is 44.9 Å². The number of amides is 1. The van der Waals surface area contributed by atoms with Gasteiger partial charge < -0.3 is 9.64 Å². The average Bonchev–Trinajstić information content (AvgIpc) is 2.85. The number of nitrogens with zero attached hydrogens (tertiary/aromatic N) is 1. The zero-order valence-electron chi connectivity index (χ0n) is 12.3. The minimum Gasteiger partial charge on any atom is -0.481 e. The monoisotopic (exact) mass is 309 g/mol. The standard InChI is InChI=1S/C16H20ClNO3/c1-11(19)9-14-6-4-8-18(14)16(20)12(2)21-15-7-3-5-13(17)10-15/h3,5,7,10,12,14H,4,6,8-9H2,1-2H3. The molecule has 2 atom stereocenters. The average molecular weight is 310 g/mol. The van der Waals surface area contributed by atoms with E-state index >= 15 is 0 Å². The van der Waals surface area contributed by atoms with Crippen molar-refractivity contribution in [1.29, 1.82) is 0 Å². The molecular weight excluding hydrogens is 290 g/mol. The van der Waals surface area contributed by atoms with E-state index in [0.717, 1.165) is 12.8 Å². The molecule has 1 aromatic carbocycles. The lowest BCUT2D eigenvalue weighted by Gasteiger charge is -2.27. The molecule has 1 saturated heterocycles. The maximum Gasteiger partial charge on any atom is 0.263 e. The van der Waals surface area contributed by atoms with Gasteiger partial charge in [0.1, 0.15) is 11.5 Å². The Balaban J connectivity index is 1.99. The zero-order valence-corrected chi connectivity index (χ0v) is 13.1. The van der Waals surface area contributed by atoms with Crippen molar-refractivity contribution in [2.45, 2.75) is 45.3 Å². The molecular formula is C16H20ClNO3. The number of ketones is 1. The molecule has 0 aliphatic carbocycles. The summed E-state index contributed by atoms with van der Waals surface area (Å²) in [6.45, 7) is 3.99. The number of hydrogen-bond donors (Lipinski definition) is 0. The fraction of sp³-hybridized carbons (Fsp3) is 0.500. The summed E-state index contributed by atoms with van der Waals surface area (Å²) in [5.74, 6) is 0.618. The Morgan fingerprint density at radius 3 is 2.90 bits per heavy atom. The van der Waals surface area contributed by atoms with Gasteiger partial charge in [-0.2, -0.15) is 0 Å². The van der Waals surface area contributed by atoms with Crippen LogP contribution in [0.25, 0.3) is 0 Å². The number of carbonyl (C=O) groups is 2. The maximum absolute atomic E-state index is 12.5. The molecule has 1 aliphatic rings. The molecule has 0 bridgehead atoms. The summed E-state index contributed by atoms with van der Waals surface area (Å²) in [5, 5.41) is 0.572. The lowest BCUT2D eigenvalue weighted by molar-refractivity contribution is -0.139. The second-order valence-electron chi connectivity index (χ2n) is 5.45. The van der Waals surface area contributed by atoms with Crippen molar-refractivity contribution >= 4 is 23.3 Å². The van der Waals surface area contributed by atoms with Gasteiger partial charge in [0.05, 0.1) is 0 Å². The molecule has 1 fully saturated rings. The summed E-state index contributed by atoms with van der Waals surface area (Å²) in [6, 6.07) is 7.00. The highest BCUT2D eigenvalue weighted by atomic mass is 35.5. The summed E-state index contributed by atoms with van der Waals surface area (Å²) >= 11 is 5.90. The number of benzene rings is 1. The molecule has 0 radical (unpaired) electrons. The molecule has 0 spiro atoms. The summed E-state index contributed by atoms with van der Waals surface area (Å²) in [6.07, 6.45) is 1.66. The normalized spacial score (nSPS) is 19.4. The first-order valence-corrected chi connectivity index (χ1v) is 7.57. The minimum absolute atomic E-state index is 0.0143. The van der Waals surface area contributed by atoms with E-state index < -0.39 is 6.10 Å². The minimum atomic E-state index is -0.587.